The van der Waals surface area contributed by atoms with Crippen molar-refractivity contribution in [1.82, 2.24) is 4.90 Å². The zero-order chi connectivity index (χ0) is 14.7. The first kappa shape index (κ1) is 14.7. The highest BCUT2D eigenvalue weighted by Gasteiger charge is 2.26. The molecule has 0 radical (unpaired) electrons. The largest absolute Gasteiger partial charge is 0.409 e. The van der Waals surface area contributed by atoms with Crippen molar-refractivity contribution in [3.63, 3.8) is 0 Å². The van der Waals surface area contributed by atoms with E-state index in [0.29, 0.717) is 36.5 Å². The fourth-order valence-corrected chi connectivity index (χ4v) is 2.55. The van der Waals surface area contributed by atoms with Gasteiger partial charge in [-0.2, -0.15) is 0 Å². The van der Waals surface area contributed by atoms with Crippen molar-refractivity contribution in [3.8, 4) is 0 Å². The van der Waals surface area contributed by atoms with Crippen molar-refractivity contribution in [1.29, 1.82) is 0 Å². The van der Waals surface area contributed by atoms with Crippen molar-refractivity contribution < 1.29 is 10.0 Å². The van der Waals surface area contributed by atoms with Gasteiger partial charge in [-0.05, 0) is 37.5 Å². The van der Waals surface area contributed by atoms with Gasteiger partial charge in [-0.25, -0.2) is 0 Å². The van der Waals surface area contributed by atoms with E-state index < -0.39 is 0 Å². The maximum atomic E-state index is 12.4. The van der Waals surface area contributed by atoms with E-state index in [1.54, 1.807) is 17.0 Å². The Morgan fingerprint density at radius 2 is 2.10 bits per heavy atom. The summed E-state index contributed by atoms with van der Waals surface area (Å²) in [7, 11) is 0. The molecule has 0 aromatic heterocycles. The second kappa shape index (κ2) is 6.13. The van der Waals surface area contributed by atoms with E-state index in [2.05, 4.69) is 5.16 Å². The van der Waals surface area contributed by atoms with Crippen LogP contribution in [0, 0.1) is 12.8 Å². The summed E-state index contributed by atoms with van der Waals surface area (Å²) in [5.74, 6) is 0.269. The molecule has 108 valence electrons. The number of amidine groups is 1. The Hall–Kier alpha value is -1.75. The molecule has 1 aromatic rings. The number of piperidine rings is 1. The molecular formula is C14H18ClN3O2. The predicted molar refractivity (Wildman–Crippen MR) is 78.2 cm³/mol. The number of nitrogens with zero attached hydrogens (tertiary/aromatic N) is 2. The number of likely N-dealkylation sites (tertiary alicyclic amines) is 1. The van der Waals surface area contributed by atoms with Gasteiger partial charge in [-0.1, -0.05) is 22.8 Å². The van der Waals surface area contributed by atoms with Crippen molar-refractivity contribution >= 4 is 23.3 Å². The summed E-state index contributed by atoms with van der Waals surface area (Å²) in [4.78, 5) is 14.1. The number of carbonyl (C=O) groups is 1. The number of aryl methyl sites for hydroxylation is 1. The van der Waals surface area contributed by atoms with E-state index in [1.807, 2.05) is 13.0 Å². The lowest BCUT2D eigenvalue weighted by Gasteiger charge is -2.31. The number of benzene rings is 1. The Morgan fingerprint density at radius 3 is 2.65 bits per heavy atom. The number of hydrogen-bond donors (Lipinski definition) is 2. The van der Waals surface area contributed by atoms with Crippen molar-refractivity contribution in [2.45, 2.75) is 19.8 Å². The zero-order valence-electron chi connectivity index (χ0n) is 11.3. The molecule has 0 bridgehead atoms. The molecule has 1 amide bonds. The number of amides is 1. The lowest BCUT2D eigenvalue weighted by atomic mass is 9.95. The van der Waals surface area contributed by atoms with Crippen LogP contribution in [0.25, 0.3) is 0 Å². The van der Waals surface area contributed by atoms with E-state index in [4.69, 9.17) is 22.5 Å². The molecule has 1 saturated heterocycles. The molecule has 1 aromatic carbocycles. The molecule has 5 nitrogen and oxygen atoms in total. The predicted octanol–water partition coefficient (Wildman–Crippen LogP) is 2.25. The van der Waals surface area contributed by atoms with Crippen LogP contribution in [0.2, 0.25) is 5.02 Å². The minimum Gasteiger partial charge on any atom is -0.409 e. The second-order valence-corrected chi connectivity index (χ2v) is 5.46. The van der Waals surface area contributed by atoms with E-state index in [9.17, 15) is 4.79 Å². The van der Waals surface area contributed by atoms with Gasteiger partial charge >= 0.3 is 0 Å². The van der Waals surface area contributed by atoms with Crippen LogP contribution in [-0.2, 0) is 0 Å². The maximum absolute atomic E-state index is 12.4. The molecular weight excluding hydrogens is 278 g/mol. The lowest BCUT2D eigenvalue weighted by molar-refractivity contribution is 0.0709. The molecule has 1 aliphatic rings. The molecule has 0 atom stereocenters. The Balaban J connectivity index is 2.03. The van der Waals surface area contributed by atoms with Crippen molar-refractivity contribution in [2.24, 2.45) is 16.8 Å². The molecule has 0 unspecified atom stereocenters. The van der Waals surface area contributed by atoms with Crippen LogP contribution in [0.5, 0.6) is 0 Å². The third-order valence-corrected chi connectivity index (χ3v) is 4.14. The highest BCUT2D eigenvalue weighted by molar-refractivity contribution is 6.31. The number of carbonyl (C=O) groups excluding carboxylic acids is 1. The van der Waals surface area contributed by atoms with Gasteiger partial charge in [0.25, 0.3) is 5.91 Å². The minimum atomic E-state index is -0.0233. The highest BCUT2D eigenvalue weighted by atomic mass is 35.5. The average molecular weight is 296 g/mol. The van der Waals surface area contributed by atoms with Gasteiger partial charge < -0.3 is 15.8 Å². The lowest BCUT2D eigenvalue weighted by Crippen LogP contribution is -2.41. The number of hydrogen-bond acceptors (Lipinski definition) is 3. The number of nitrogens with two attached hydrogens (primary N) is 1. The molecule has 0 spiro atoms. The van der Waals surface area contributed by atoms with Crippen molar-refractivity contribution in [3.05, 3.63) is 34.3 Å². The van der Waals surface area contributed by atoms with E-state index >= 15 is 0 Å². The molecule has 0 aliphatic carbocycles. The molecule has 0 saturated carbocycles. The Morgan fingerprint density at radius 1 is 1.45 bits per heavy atom. The van der Waals surface area contributed by atoms with Gasteiger partial charge in [0, 0.05) is 29.6 Å². The molecule has 2 rings (SSSR count). The average Bonchev–Trinajstić information content (AvgIpc) is 2.48. The Labute approximate surface area is 123 Å². The van der Waals surface area contributed by atoms with Gasteiger partial charge in [-0.15, -0.1) is 0 Å². The van der Waals surface area contributed by atoms with Gasteiger partial charge in [-0.3, -0.25) is 4.79 Å². The van der Waals surface area contributed by atoms with Gasteiger partial charge in [0.15, 0.2) is 0 Å². The Kier molecular flexibility index (Phi) is 4.49. The molecule has 6 heteroatoms. The molecule has 1 heterocycles. The van der Waals surface area contributed by atoms with Gasteiger partial charge in [0.05, 0.1) is 0 Å². The summed E-state index contributed by atoms with van der Waals surface area (Å²) < 4.78 is 0. The first-order chi connectivity index (χ1) is 9.52. The monoisotopic (exact) mass is 295 g/mol. The number of halogens is 1. The van der Waals surface area contributed by atoms with Crippen molar-refractivity contribution in [2.75, 3.05) is 13.1 Å². The summed E-state index contributed by atoms with van der Waals surface area (Å²) in [6, 6.07) is 5.34. The first-order valence-corrected chi connectivity index (χ1v) is 6.93. The van der Waals surface area contributed by atoms with Crippen LogP contribution in [-0.4, -0.2) is 34.9 Å². The molecule has 1 fully saturated rings. The van der Waals surface area contributed by atoms with E-state index in [1.165, 1.54) is 0 Å². The topological polar surface area (TPSA) is 78.9 Å². The van der Waals surface area contributed by atoms with Crippen LogP contribution in [0.15, 0.2) is 23.4 Å². The quantitative estimate of drug-likeness (QED) is 0.380. The molecule has 1 aliphatic heterocycles. The maximum Gasteiger partial charge on any atom is 0.253 e. The number of oxime groups is 1. The zero-order valence-corrected chi connectivity index (χ0v) is 12.1. The SMILES string of the molecule is Cc1ccc(C(=O)N2CCC(C(N)=NO)CC2)cc1Cl. The Bertz CT molecular complexity index is 537. The van der Waals surface area contributed by atoms with E-state index in [0.717, 1.165) is 5.56 Å². The van der Waals surface area contributed by atoms with Crippen LogP contribution in [0.4, 0.5) is 0 Å². The second-order valence-electron chi connectivity index (χ2n) is 5.06. The first-order valence-electron chi connectivity index (χ1n) is 6.55. The summed E-state index contributed by atoms with van der Waals surface area (Å²) >= 11 is 6.05. The number of rotatable bonds is 2. The van der Waals surface area contributed by atoms with E-state index in [-0.39, 0.29) is 17.7 Å². The van der Waals surface area contributed by atoms with Crippen LogP contribution < -0.4 is 5.73 Å². The third-order valence-electron chi connectivity index (χ3n) is 3.73. The molecule has 3 N–H and O–H groups in total. The van der Waals surface area contributed by atoms with Crippen LogP contribution in [0.3, 0.4) is 0 Å². The van der Waals surface area contributed by atoms with Crippen LogP contribution >= 0.6 is 11.6 Å². The van der Waals surface area contributed by atoms with Gasteiger partial charge in [0.1, 0.15) is 5.84 Å². The van der Waals surface area contributed by atoms with Gasteiger partial charge in [0.2, 0.25) is 0 Å². The fourth-order valence-electron chi connectivity index (χ4n) is 2.37. The normalized spacial score (nSPS) is 17.3. The summed E-state index contributed by atoms with van der Waals surface area (Å²) in [6.07, 6.45) is 1.42. The minimum absolute atomic E-state index is 0.0233. The summed E-state index contributed by atoms with van der Waals surface area (Å²) in [6.45, 7) is 3.11. The fraction of sp³-hybridized carbons (Fsp3) is 0.429. The highest BCUT2D eigenvalue weighted by Crippen LogP contribution is 2.22. The standard InChI is InChI=1S/C14H18ClN3O2/c1-9-2-3-11(8-12(9)15)14(19)18-6-4-10(5-7-18)13(16)17-20/h2-3,8,10,20H,4-7H2,1H3,(H2,16,17). The molecule has 20 heavy (non-hydrogen) atoms. The third kappa shape index (κ3) is 3.04. The smallest absolute Gasteiger partial charge is 0.253 e. The van der Waals surface area contributed by atoms with Crippen LogP contribution in [0.1, 0.15) is 28.8 Å². The summed E-state index contributed by atoms with van der Waals surface area (Å²) in [5, 5.41) is 12.3. The summed E-state index contributed by atoms with van der Waals surface area (Å²) in [5.41, 5.74) is 7.15.